The summed E-state index contributed by atoms with van der Waals surface area (Å²) in [5, 5.41) is 3.53. The zero-order valence-electron chi connectivity index (χ0n) is 12.4. The van der Waals surface area contributed by atoms with Crippen molar-refractivity contribution in [3.8, 4) is 5.75 Å². The van der Waals surface area contributed by atoms with Crippen molar-refractivity contribution in [1.29, 1.82) is 0 Å². The van der Waals surface area contributed by atoms with Gasteiger partial charge in [0, 0.05) is 12.9 Å². The highest BCUT2D eigenvalue weighted by atomic mass is 32.2. The van der Waals surface area contributed by atoms with E-state index < -0.39 is 9.84 Å². The van der Waals surface area contributed by atoms with Crippen molar-refractivity contribution in [3.05, 3.63) is 24.1 Å². The molecule has 0 aliphatic carbocycles. The van der Waals surface area contributed by atoms with E-state index in [4.69, 9.17) is 14.0 Å². The van der Waals surface area contributed by atoms with Gasteiger partial charge in [-0.05, 0) is 13.8 Å². The second-order valence-electron chi connectivity index (χ2n) is 4.41. The molecule has 0 bridgehead atoms. The number of sulfone groups is 1. The number of hydrogen-bond acceptors (Lipinski definition) is 9. The minimum atomic E-state index is -3.43. The molecule has 0 unspecified atom stereocenters. The first-order valence-electron chi connectivity index (χ1n) is 6.49. The Kier molecular flexibility index (Phi) is 5.03. The van der Waals surface area contributed by atoms with Crippen LogP contribution in [0.3, 0.4) is 0 Å². The molecule has 2 rings (SSSR count). The standard InChI is InChI=1S/C12H16N4O5S/c1-4-19-8(2)11-15-10(21-16-11)7-20-9-5-13-12(14-6-9)22(3,17)18/h5-6,8H,4,7H2,1-3H3/t8-/m1/s1. The van der Waals surface area contributed by atoms with Crippen LogP contribution in [0.5, 0.6) is 5.75 Å². The lowest BCUT2D eigenvalue weighted by Gasteiger charge is -2.05. The molecule has 2 heterocycles. The first-order chi connectivity index (χ1) is 10.4. The average molecular weight is 328 g/mol. The Morgan fingerprint density at radius 1 is 1.32 bits per heavy atom. The summed E-state index contributed by atoms with van der Waals surface area (Å²) in [5.74, 6) is 1.00. The summed E-state index contributed by atoms with van der Waals surface area (Å²) < 4.78 is 38.2. The average Bonchev–Trinajstić information content (AvgIpc) is 2.94. The van der Waals surface area contributed by atoms with Crippen molar-refractivity contribution in [2.45, 2.75) is 31.7 Å². The molecule has 22 heavy (non-hydrogen) atoms. The Balaban J connectivity index is 1.96. The third-order valence-electron chi connectivity index (χ3n) is 2.56. The predicted octanol–water partition coefficient (Wildman–Crippen LogP) is 0.940. The molecule has 0 saturated carbocycles. The number of ether oxygens (including phenoxy) is 2. The molecule has 0 fully saturated rings. The third kappa shape index (κ3) is 4.21. The Labute approximate surface area is 127 Å². The van der Waals surface area contributed by atoms with Crippen LogP contribution >= 0.6 is 0 Å². The smallest absolute Gasteiger partial charge is 0.264 e. The monoisotopic (exact) mass is 328 g/mol. The summed E-state index contributed by atoms with van der Waals surface area (Å²) in [5.41, 5.74) is 0. The van der Waals surface area contributed by atoms with E-state index in [1.807, 2.05) is 13.8 Å². The van der Waals surface area contributed by atoms with Crippen molar-refractivity contribution in [2.75, 3.05) is 12.9 Å². The highest BCUT2D eigenvalue weighted by molar-refractivity contribution is 7.90. The molecule has 0 amide bonds. The van der Waals surface area contributed by atoms with Gasteiger partial charge in [-0.25, -0.2) is 18.4 Å². The van der Waals surface area contributed by atoms with Gasteiger partial charge in [-0.1, -0.05) is 5.16 Å². The number of rotatable bonds is 7. The number of aromatic nitrogens is 4. The molecule has 120 valence electrons. The second-order valence-corrected chi connectivity index (χ2v) is 6.32. The molecule has 0 N–H and O–H groups in total. The highest BCUT2D eigenvalue weighted by Gasteiger charge is 2.14. The summed E-state index contributed by atoms with van der Waals surface area (Å²) in [4.78, 5) is 11.6. The van der Waals surface area contributed by atoms with E-state index >= 15 is 0 Å². The maximum atomic E-state index is 11.2. The summed E-state index contributed by atoms with van der Waals surface area (Å²) in [6.45, 7) is 4.26. The first-order valence-corrected chi connectivity index (χ1v) is 8.38. The van der Waals surface area contributed by atoms with Crippen LogP contribution in [0.2, 0.25) is 0 Å². The van der Waals surface area contributed by atoms with Crippen molar-refractivity contribution in [1.82, 2.24) is 20.1 Å². The maximum Gasteiger partial charge on any atom is 0.264 e. The van der Waals surface area contributed by atoms with Crippen LogP contribution in [-0.4, -0.2) is 41.4 Å². The van der Waals surface area contributed by atoms with E-state index in [1.165, 1.54) is 12.4 Å². The normalized spacial score (nSPS) is 13.0. The van der Waals surface area contributed by atoms with E-state index in [2.05, 4.69) is 20.1 Å². The van der Waals surface area contributed by atoms with Crippen LogP contribution in [0, 0.1) is 0 Å². The Bertz CT molecular complexity index is 713. The molecule has 0 aliphatic heterocycles. The van der Waals surface area contributed by atoms with E-state index in [9.17, 15) is 8.42 Å². The summed E-state index contributed by atoms with van der Waals surface area (Å²) in [6.07, 6.45) is 3.30. The fraction of sp³-hybridized carbons (Fsp3) is 0.500. The van der Waals surface area contributed by atoms with Gasteiger partial charge in [-0.2, -0.15) is 4.98 Å². The third-order valence-corrected chi connectivity index (χ3v) is 3.44. The molecule has 0 radical (unpaired) electrons. The molecular formula is C12H16N4O5S. The molecule has 0 aliphatic rings. The van der Waals surface area contributed by atoms with Crippen LogP contribution in [0.1, 0.15) is 31.7 Å². The highest BCUT2D eigenvalue weighted by Crippen LogP contribution is 2.14. The Morgan fingerprint density at radius 3 is 2.59 bits per heavy atom. The van der Waals surface area contributed by atoms with Gasteiger partial charge in [0.1, 0.15) is 6.10 Å². The van der Waals surface area contributed by atoms with E-state index in [1.54, 1.807) is 0 Å². The summed E-state index contributed by atoms with van der Waals surface area (Å²) in [6, 6.07) is 0. The molecule has 0 saturated heterocycles. The molecule has 0 spiro atoms. The van der Waals surface area contributed by atoms with Gasteiger partial charge in [-0.15, -0.1) is 0 Å². The van der Waals surface area contributed by atoms with Crippen LogP contribution in [-0.2, 0) is 21.2 Å². The molecule has 9 nitrogen and oxygen atoms in total. The lowest BCUT2D eigenvalue weighted by Crippen LogP contribution is -2.05. The van der Waals surface area contributed by atoms with Gasteiger partial charge < -0.3 is 14.0 Å². The topological polar surface area (TPSA) is 117 Å². The van der Waals surface area contributed by atoms with Gasteiger partial charge in [-0.3, -0.25) is 0 Å². The van der Waals surface area contributed by atoms with Gasteiger partial charge in [0.05, 0.1) is 12.4 Å². The minimum absolute atomic E-state index is 0.0213. The molecule has 1 atom stereocenters. The molecular weight excluding hydrogens is 312 g/mol. The van der Waals surface area contributed by atoms with Crippen molar-refractivity contribution in [2.24, 2.45) is 0 Å². The second kappa shape index (κ2) is 6.79. The van der Waals surface area contributed by atoms with E-state index in [0.717, 1.165) is 6.26 Å². The van der Waals surface area contributed by atoms with Crippen molar-refractivity contribution in [3.63, 3.8) is 0 Å². The van der Waals surface area contributed by atoms with E-state index in [0.29, 0.717) is 18.2 Å². The lowest BCUT2D eigenvalue weighted by atomic mass is 10.4. The van der Waals surface area contributed by atoms with Crippen molar-refractivity contribution >= 4 is 9.84 Å². The minimum Gasteiger partial charge on any atom is -0.481 e. The molecule has 2 aromatic rings. The fourth-order valence-electron chi connectivity index (χ4n) is 1.53. The zero-order chi connectivity index (χ0) is 16.2. The van der Waals surface area contributed by atoms with Gasteiger partial charge in [0.15, 0.2) is 18.2 Å². The fourth-order valence-corrected chi connectivity index (χ4v) is 2.02. The number of hydrogen-bond donors (Lipinski definition) is 0. The van der Waals surface area contributed by atoms with Crippen LogP contribution < -0.4 is 4.74 Å². The van der Waals surface area contributed by atoms with Crippen LogP contribution in [0.25, 0.3) is 0 Å². The maximum absolute atomic E-state index is 11.2. The number of nitrogens with zero attached hydrogens (tertiary/aromatic N) is 4. The van der Waals surface area contributed by atoms with E-state index in [-0.39, 0.29) is 23.8 Å². The predicted molar refractivity (Wildman–Crippen MR) is 73.8 cm³/mol. The van der Waals surface area contributed by atoms with Gasteiger partial charge in [0.25, 0.3) is 5.89 Å². The van der Waals surface area contributed by atoms with Gasteiger partial charge in [0.2, 0.25) is 15.0 Å². The summed E-state index contributed by atoms with van der Waals surface area (Å²) >= 11 is 0. The Morgan fingerprint density at radius 2 is 2.00 bits per heavy atom. The zero-order valence-corrected chi connectivity index (χ0v) is 13.2. The summed E-state index contributed by atoms with van der Waals surface area (Å²) in [7, 11) is -3.43. The lowest BCUT2D eigenvalue weighted by molar-refractivity contribution is 0.0683. The van der Waals surface area contributed by atoms with Crippen LogP contribution in [0.15, 0.2) is 22.1 Å². The quantitative estimate of drug-likeness (QED) is 0.684. The van der Waals surface area contributed by atoms with Gasteiger partial charge >= 0.3 is 0 Å². The molecule has 0 aromatic carbocycles. The molecule has 10 heteroatoms. The van der Waals surface area contributed by atoms with Crippen molar-refractivity contribution < 1.29 is 22.4 Å². The Hall–Kier alpha value is -2.07. The largest absolute Gasteiger partial charge is 0.481 e. The first kappa shape index (κ1) is 16.3. The SMILES string of the molecule is CCO[C@H](C)c1noc(COc2cnc(S(C)(=O)=O)nc2)n1. The molecule has 2 aromatic heterocycles. The van der Waals surface area contributed by atoms with Crippen LogP contribution in [0.4, 0.5) is 0 Å².